The average molecular weight is 241 g/mol. The van der Waals surface area contributed by atoms with Crippen LogP contribution in [0.1, 0.15) is 51.9 Å². The zero-order chi connectivity index (χ0) is 12.1. The third-order valence-electron chi connectivity index (χ3n) is 4.47. The molecular weight excluding hydrogens is 214 g/mol. The van der Waals surface area contributed by atoms with E-state index in [-0.39, 0.29) is 6.10 Å². The summed E-state index contributed by atoms with van der Waals surface area (Å²) in [5.74, 6) is 0. The largest absolute Gasteiger partial charge is 0.392 e. The standard InChI is InChI=1S/C14H27NO2/c1-14(7-9-17-10-8-14)11-15-12-5-3-2-4-6-13(12)16/h12-13,15-16H,2-11H2,1H3. The van der Waals surface area contributed by atoms with Gasteiger partial charge in [-0.1, -0.05) is 26.2 Å². The van der Waals surface area contributed by atoms with Crippen LogP contribution in [0.15, 0.2) is 0 Å². The number of ether oxygens (including phenoxy) is 1. The Hall–Kier alpha value is -0.120. The first-order valence-corrected chi connectivity index (χ1v) is 7.19. The lowest BCUT2D eigenvalue weighted by Gasteiger charge is -2.36. The van der Waals surface area contributed by atoms with Gasteiger partial charge in [-0.25, -0.2) is 0 Å². The van der Waals surface area contributed by atoms with E-state index in [0.29, 0.717) is 11.5 Å². The lowest BCUT2D eigenvalue weighted by molar-refractivity contribution is 0.0189. The second-order valence-electron chi connectivity index (χ2n) is 6.12. The van der Waals surface area contributed by atoms with Gasteiger partial charge in [0.05, 0.1) is 6.10 Å². The highest BCUT2D eigenvalue weighted by atomic mass is 16.5. The minimum Gasteiger partial charge on any atom is -0.392 e. The Morgan fingerprint density at radius 2 is 1.88 bits per heavy atom. The average Bonchev–Trinajstić information content (AvgIpc) is 2.53. The van der Waals surface area contributed by atoms with Gasteiger partial charge in [-0.2, -0.15) is 0 Å². The summed E-state index contributed by atoms with van der Waals surface area (Å²) in [6, 6.07) is 0.317. The first-order valence-electron chi connectivity index (χ1n) is 7.19. The molecule has 2 N–H and O–H groups in total. The van der Waals surface area contributed by atoms with Gasteiger partial charge in [-0.15, -0.1) is 0 Å². The van der Waals surface area contributed by atoms with Gasteiger partial charge in [0.2, 0.25) is 0 Å². The predicted molar refractivity (Wildman–Crippen MR) is 69.0 cm³/mol. The molecule has 0 bridgehead atoms. The normalized spacial score (nSPS) is 34.2. The second-order valence-corrected chi connectivity index (χ2v) is 6.12. The highest BCUT2D eigenvalue weighted by Crippen LogP contribution is 2.29. The van der Waals surface area contributed by atoms with Crippen LogP contribution < -0.4 is 5.32 Å². The Balaban J connectivity index is 1.79. The van der Waals surface area contributed by atoms with Gasteiger partial charge in [-0.3, -0.25) is 0 Å². The molecule has 2 atom stereocenters. The fourth-order valence-corrected chi connectivity index (χ4v) is 2.94. The molecule has 1 aliphatic heterocycles. The zero-order valence-electron chi connectivity index (χ0n) is 11.1. The molecule has 2 rings (SSSR count). The SMILES string of the molecule is CC1(CNC2CCCCCC2O)CCOCC1. The summed E-state index contributed by atoms with van der Waals surface area (Å²) in [7, 11) is 0. The maximum atomic E-state index is 10.1. The van der Waals surface area contributed by atoms with Crippen molar-refractivity contribution in [1.82, 2.24) is 5.32 Å². The van der Waals surface area contributed by atoms with Crippen LogP contribution in [0, 0.1) is 5.41 Å². The number of nitrogens with one attached hydrogen (secondary N) is 1. The highest BCUT2D eigenvalue weighted by Gasteiger charge is 2.29. The summed E-state index contributed by atoms with van der Waals surface area (Å²) in [6.07, 6.45) is 7.97. The number of hydrogen-bond donors (Lipinski definition) is 2. The highest BCUT2D eigenvalue weighted by molar-refractivity contribution is 4.85. The Labute approximate surface area is 105 Å². The van der Waals surface area contributed by atoms with Crippen molar-refractivity contribution in [3.63, 3.8) is 0 Å². The molecular formula is C14H27NO2. The molecule has 1 aliphatic carbocycles. The molecule has 3 nitrogen and oxygen atoms in total. The Morgan fingerprint density at radius 3 is 2.65 bits per heavy atom. The minimum atomic E-state index is -0.138. The van der Waals surface area contributed by atoms with Gasteiger partial charge in [-0.05, 0) is 31.1 Å². The Kier molecular flexibility index (Phi) is 4.83. The number of hydrogen-bond acceptors (Lipinski definition) is 3. The summed E-state index contributed by atoms with van der Waals surface area (Å²) < 4.78 is 5.42. The maximum Gasteiger partial charge on any atom is 0.0693 e. The Bertz CT molecular complexity index is 226. The lowest BCUT2D eigenvalue weighted by Crippen LogP contribution is -2.45. The molecule has 2 unspecified atom stereocenters. The monoisotopic (exact) mass is 241 g/mol. The second kappa shape index (κ2) is 6.17. The van der Waals surface area contributed by atoms with Crippen molar-refractivity contribution < 1.29 is 9.84 Å². The van der Waals surface area contributed by atoms with Crippen molar-refractivity contribution in [3.8, 4) is 0 Å². The van der Waals surface area contributed by atoms with Gasteiger partial charge in [0.15, 0.2) is 0 Å². The number of aliphatic hydroxyl groups is 1. The quantitative estimate of drug-likeness (QED) is 0.743. The van der Waals surface area contributed by atoms with Crippen LogP contribution in [0.25, 0.3) is 0 Å². The molecule has 2 fully saturated rings. The van der Waals surface area contributed by atoms with Gasteiger partial charge in [0.1, 0.15) is 0 Å². The van der Waals surface area contributed by atoms with E-state index < -0.39 is 0 Å². The molecule has 17 heavy (non-hydrogen) atoms. The van der Waals surface area contributed by atoms with Crippen LogP contribution in [-0.4, -0.2) is 37.0 Å². The van der Waals surface area contributed by atoms with Crippen LogP contribution >= 0.6 is 0 Å². The summed E-state index contributed by atoms with van der Waals surface area (Å²) in [5.41, 5.74) is 0.365. The number of rotatable bonds is 3. The third-order valence-corrected chi connectivity index (χ3v) is 4.47. The molecule has 100 valence electrons. The molecule has 1 saturated carbocycles. The van der Waals surface area contributed by atoms with E-state index in [1.807, 2.05) is 0 Å². The van der Waals surface area contributed by atoms with Crippen LogP contribution in [-0.2, 0) is 4.74 Å². The molecule has 0 aromatic rings. The molecule has 2 aliphatic rings. The van der Waals surface area contributed by atoms with Crippen molar-refractivity contribution >= 4 is 0 Å². The van der Waals surface area contributed by atoms with E-state index in [0.717, 1.165) is 45.4 Å². The van der Waals surface area contributed by atoms with E-state index in [1.165, 1.54) is 19.3 Å². The van der Waals surface area contributed by atoms with Gasteiger partial charge < -0.3 is 15.2 Å². The van der Waals surface area contributed by atoms with Crippen LogP contribution in [0.4, 0.5) is 0 Å². The first-order chi connectivity index (χ1) is 8.20. The van der Waals surface area contributed by atoms with Crippen LogP contribution in [0.5, 0.6) is 0 Å². The lowest BCUT2D eigenvalue weighted by atomic mass is 9.82. The van der Waals surface area contributed by atoms with Gasteiger partial charge in [0.25, 0.3) is 0 Å². The van der Waals surface area contributed by atoms with E-state index in [2.05, 4.69) is 12.2 Å². The van der Waals surface area contributed by atoms with Crippen molar-refractivity contribution in [1.29, 1.82) is 0 Å². The fourth-order valence-electron chi connectivity index (χ4n) is 2.94. The topological polar surface area (TPSA) is 41.5 Å². The van der Waals surface area contributed by atoms with Crippen molar-refractivity contribution in [2.75, 3.05) is 19.8 Å². The van der Waals surface area contributed by atoms with Crippen LogP contribution in [0.2, 0.25) is 0 Å². The molecule has 1 heterocycles. The zero-order valence-corrected chi connectivity index (χ0v) is 11.1. The maximum absolute atomic E-state index is 10.1. The first kappa shape index (κ1) is 13.3. The van der Waals surface area contributed by atoms with E-state index >= 15 is 0 Å². The molecule has 1 saturated heterocycles. The summed E-state index contributed by atoms with van der Waals surface area (Å²) >= 11 is 0. The van der Waals surface area contributed by atoms with Crippen molar-refractivity contribution in [2.24, 2.45) is 5.41 Å². The smallest absolute Gasteiger partial charge is 0.0693 e. The van der Waals surface area contributed by atoms with E-state index in [4.69, 9.17) is 4.74 Å². The molecule has 3 heteroatoms. The Morgan fingerprint density at radius 1 is 1.18 bits per heavy atom. The molecule has 0 amide bonds. The molecule has 0 aromatic carbocycles. The van der Waals surface area contributed by atoms with Gasteiger partial charge in [0, 0.05) is 25.8 Å². The molecule has 0 aromatic heterocycles. The summed E-state index contributed by atoms with van der Waals surface area (Å²) in [4.78, 5) is 0. The van der Waals surface area contributed by atoms with Crippen LogP contribution in [0.3, 0.4) is 0 Å². The molecule has 0 spiro atoms. The van der Waals surface area contributed by atoms with E-state index in [9.17, 15) is 5.11 Å². The third kappa shape index (κ3) is 3.94. The predicted octanol–water partition coefficient (Wildman–Crippen LogP) is 2.09. The summed E-state index contributed by atoms with van der Waals surface area (Å²) in [5, 5.41) is 13.7. The van der Waals surface area contributed by atoms with Crippen molar-refractivity contribution in [3.05, 3.63) is 0 Å². The van der Waals surface area contributed by atoms with E-state index in [1.54, 1.807) is 0 Å². The fraction of sp³-hybridized carbons (Fsp3) is 1.00. The number of aliphatic hydroxyl groups excluding tert-OH is 1. The summed E-state index contributed by atoms with van der Waals surface area (Å²) in [6.45, 7) is 5.15. The molecule has 0 radical (unpaired) electrons. The van der Waals surface area contributed by atoms with Crippen molar-refractivity contribution in [2.45, 2.75) is 64.0 Å². The van der Waals surface area contributed by atoms with Gasteiger partial charge >= 0.3 is 0 Å². The minimum absolute atomic E-state index is 0.138.